The number of nitrogens with zero attached hydrogens (tertiary/aromatic N) is 1. The molecule has 3 aliphatic carbocycles. The first kappa shape index (κ1) is 20.1. The summed E-state index contributed by atoms with van der Waals surface area (Å²) in [7, 11) is 4.22. The first-order valence-electron chi connectivity index (χ1n) is 10.8. The zero-order valence-electron chi connectivity index (χ0n) is 17.7. The SMILES string of the molecule is CC1(C)[C@H]2CC[C@@]1(C)[C@@H](OCC[N+](C)(C)CC(=O)OC1CCCCC1)C2. The number of fused-ring (bicyclic) bond motifs is 2. The van der Waals surface area contributed by atoms with Crippen molar-refractivity contribution in [2.45, 2.75) is 84.3 Å². The summed E-state index contributed by atoms with van der Waals surface area (Å²) < 4.78 is 12.7. The molecule has 3 aliphatic rings. The van der Waals surface area contributed by atoms with E-state index >= 15 is 0 Å². The van der Waals surface area contributed by atoms with E-state index in [-0.39, 0.29) is 12.1 Å². The van der Waals surface area contributed by atoms with Crippen molar-refractivity contribution < 1.29 is 18.8 Å². The lowest BCUT2D eigenvalue weighted by atomic mass is 9.70. The molecule has 0 N–H and O–H groups in total. The third-order valence-electron chi connectivity index (χ3n) is 8.14. The van der Waals surface area contributed by atoms with Gasteiger partial charge in [0, 0.05) is 0 Å². The van der Waals surface area contributed by atoms with Crippen LogP contribution in [0, 0.1) is 16.7 Å². The molecule has 3 saturated carbocycles. The highest BCUT2D eigenvalue weighted by Crippen LogP contribution is 2.66. The summed E-state index contributed by atoms with van der Waals surface area (Å²) in [5.74, 6) is 0.764. The predicted octanol–water partition coefficient (Wildman–Crippen LogP) is 4.17. The Morgan fingerprint density at radius 2 is 1.77 bits per heavy atom. The number of hydrogen-bond donors (Lipinski definition) is 0. The minimum atomic E-state index is -0.0464. The predicted molar refractivity (Wildman–Crippen MR) is 104 cm³/mol. The molecule has 0 saturated heterocycles. The summed E-state index contributed by atoms with van der Waals surface area (Å²) in [6.45, 7) is 9.30. The topological polar surface area (TPSA) is 35.5 Å². The van der Waals surface area contributed by atoms with Gasteiger partial charge in [-0.1, -0.05) is 27.2 Å². The number of carbonyl (C=O) groups is 1. The average Bonchev–Trinajstić information content (AvgIpc) is 2.88. The molecular weight excluding hydrogens is 326 g/mol. The summed E-state index contributed by atoms with van der Waals surface area (Å²) in [5, 5.41) is 0. The van der Waals surface area contributed by atoms with E-state index in [0.717, 1.165) is 31.9 Å². The molecule has 4 nitrogen and oxygen atoms in total. The molecule has 3 fully saturated rings. The van der Waals surface area contributed by atoms with Crippen LogP contribution in [-0.4, -0.2) is 56.5 Å². The van der Waals surface area contributed by atoms with Gasteiger partial charge < -0.3 is 14.0 Å². The zero-order chi connectivity index (χ0) is 19.0. The van der Waals surface area contributed by atoms with E-state index in [1.54, 1.807) is 0 Å². The number of quaternary nitrogens is 1. The lowest BCUT2D eigenvalue weighted by Gasteiger charge is -2.39. The van der Waals surface area contributed by atoms with E-state index < -0.39 is 0 Å². The van der Waals surface area contributed by atoms with Crippen molar-refractivity contribution in [3.63, 3.8) is 0 Å². The van der Waals surface area contributed by atoms with Gasteiger partial charge in [0.15, 0.2) is 6.54 Å². The molecule has 26 heavy (non-hydrogen) atoms. The Balaban J connectivity index is 1.42. The largest absolute Gasteiger partial charge is 0.458 e. The van der Waals surface area contributed by atoms with Crippen molar-refractivity contribution >= 4 is 5.97 Å². The second-order valence-electron chi connectivity index (χ2n) is 10.5. The van der Waals surface area contributed by atoms with Gasteiger partial charge in [0.25, 0.3) is 0 Å². The Bertz CT molecular complexity index is 510. The number of rotatable bonds is 7. The molecule has 0 heterocycles. The summed E-state index contributed by atoms with van der Waals surface area (Å²) in [4.78, 5) is 12.3. The lowest BCUT2D eigenvalue weighted by Crippen LogP contribution is -2.48. The number of carbonyl (C=O) groups excluding carboxylic acids is 1. The fourth-order valence-corrected chi connectivity index (χ4v) is 5.66. The van der Waals surface area contributed by atoms with E-state index in [9.17, 15) is 4.79 Å². The highest BCUT2D eigenvalue weighted by atomic mass is 16.5. The second kappa shape index (κ2) is 7.43. The Morgan fingerprint density at radius 3 is 2.35 bits per heavy atom. The normalized spacial score (nSPS) is 34.2. The molecular formula is C22H40NO3+. The Labute approximate surface area is 160 Å². The monoisotopic (exact) mass is 366 g/mol. The van der Waals surface area contributed by atoms with E-state index in [4.69, 9.17) is 9.47 Å². The molecule has 3 atom stereocenters. The molecule has 0 unspecified atom stereocenters. The summed E-state index contributed by atoms with van der Waals surface area (Å²) in [5.41, 5.74) is 0.709. The highest BCUT2D eigenvalue weighted by molar-refractivity contribution is 5.70. The molecule has 0 aromatic carbocycles. The van der Waals surface area contributed by atoms with Crippen LogP contribution in [-0.2, 0) is 14.3 Å². The van der Waals surface area contributed by atoms with Gasteiger partial charge in [-0.3, -0.25) is 0 Å². The van der Waals surface area contributed by atoms with E-state index in [1.165, 1.54) is 38.5 Å². The molecule has 0 aliphatic heterocycles. The van der Waals surface area contributed by atoms with Crippen LogP contribution in [0.5, 0.6) is 0 Å². The van der Waals surface area contributed by atoms with Gasteiger partial charge >= 0.3 is 5.97 Å². The quantitative estimate of drug-likeness (QED) is 0.501. The first-order chi connectivity index (χ1) is 12.1. The fourth-order valence-electron chi connectivity index (χ4n) is 5.66. The minimum Gasteiger partial charge on any atom is -0.458 e. The number of esters is 1. The Morgan fingerprint density at radius 1 is 1.08 bits per heavy atom. The molecule has 0 amide bonds. The van der Waals surface area contributed by atoms with Crippen molar-refractivity contribution in [1.29, 1.82) is 0 Å². The van der Waals surface area contributed by atoms with Gasteiger partial charge in [-0.2, -0.15) is 0 Å². The zero-order valence-corrected chi connectivity index (χ0v) is 17.7. The molecule has 3 rings (SSSR count). The number of likely N-dealkylation sites (N-methyl/N-ethyl adjacent to an activating group) is 1. The van der Waals surface area contributed by atoms with E-state index in [2.05, 4.69) is 34.9 Å². The number of ether oxygens (including phenoxy) is 2. The molecule has 0 aromatic rings. The molecule has 0 radical (unpaired) electrons. The van der Waals surface area contributed by atoms with E-state index in [0.29, 0.717) is 28.0 Å². The standard InChI is InChI=1S/C22H40NO3/c1-21(2)17-11-12-22(21,3)19(15-17)25-14-13-23(4,5)16-20(24)26-18-9-7-6-8-10-18/h17-19H,6-16H2,1-5H3/q+1/t17-,19-,22-/m0/s1. The van der Waals surface area contributed by atoms with Crippen molar-refractivity contribution in [3.05, 3.63) is 0 Å². The van der Waals surface area contributed by atoms with Gasteiger partial charge in [0.05, 0.1) is 26.8 Å². The Hall–Kier alpha value is -0.610. The van der Waals surface area contributed by atoms with Gasteiger partial charge in [-0.05, 0) is 61.7 Å². The molecule has 0 spiro atoms. The van der Waals surface area contributed by atoms with Crippen LogP contribution in [0.3, 0.4) is 0 Å². The minimum absolute atomic E-state index is 0.0464. The van der Waals surface area contributed by atoms with Gasteiger partial charge in [-0.25, -0.2) is 4.79 Å². The lowest BCUT2D eigenvalue weighted by molar-refractivity contribution is -0.883. The van der Waals surface area contributed by atoms with Crippen molar-refractivity contribution in [2.75, 3.05) is 33.8 Å². The molecule has 150 valence electrons. The van der Waals surface area contributed by atoms with Gasteiger partial charge in [0.2, 0.25) is 0 Å². The maximum absolute atomic E-state index is 12.3. The van der Waals surface area contributed by atoms with Gasteiger partial charge in [0.1, 0.15) is 12.6 Å². The maximum atomic E-state index is 12.3. The first-order valence-corrected chi connectivity index (χ1v) is 10.8. The molecule has 2 bridgehead atoms. The summed E-state index contributed by atoms with van der Waals surface area (Å²) >= 11 is 0. The van der Waals surface area contributed by atoms with Crippen molar-refractivity contribution in [3.8, 4) is 0 Å². The summed E-state index contributed by atoms with van der Waals surface area (Å²) in [6, 6.07) is 0. The smallest absolute Gasteiger partial charge is 0.362 e. The summed E-state index contributed by atoms with van der Waals surface area (Å²) in [6.07, 6.45) is 10.2. The fraction of sp³-hybridized carbons (Fsp3) is 0.955. The van der Waals surface area contributed by atoms with Crippen molar-refractivity contribution in [2.24, 2.45) is 16.7 Å². The maximum Gasteiger partial charge on any atom is 0.362 e. The molecule has 4 heteroatoms. The van der Waals surface area contributed by atoms with Gasteiger partial charge in [-0.15, -0.1) is 0 Å². The second-order valence-corrected chi connectivity index (χ2v) is 10.5. The van der Waals surface area contributed by atoms with Crippen molar-refractivity contribution in [1.82, 2.24) is 0 Å². The van der Waals surface area contributed by atoms with Crippen LogP contribution in [0.4, 0.5) is 0 Å². The third-order valence-corrected chi connectivity index (χ3v) is 8.14. The third kappa shape index (κ3) is 3.96. The van der Waals surface area contributed by atoms with Crippen LogP contribution < -0.4 is 0 Å². The van der Waals surface area contributed by atoms with Crippen LogP contribution in [0.15, 0.2) is 0 Å². The number of hydrogen-bond acceptors (Lipinski definition) is 3. The average molecular weight is 367 g/mol. The van der Waals surface area contributed by atoms with Crippen LogP contribution in [0.25, 0.3) is 0 Å². The highest BCUT2D eigenvalue weighted by Gasteiger charge is 2.61. The van der Waals surface area contributed by atoms with Crippen LogP contribution >= 0.6 is 0 Å². The molecule has 0 aromatic heterocycles. The van der Waals surface area contributed by atoms with Crippen LogP contribution in [0.1, 0.15) is 72.1 Å². The van der Waals surface area contributed by atoms with Crippen LogP contribution in [0.2, 0.25) is 0 Å². The van der Waals surface area contributed by atoms with E-state index in [1.807, 2.05) is 0 Å². The Kier molecular flexibility index (Phi) is 5.75.